The molecule has 3 N–H and O–H groups in total. The molecule has 0 aliphatic heterocycles. The van der Waals surface area contributed by atoms with Gasteiger partial charge in [-0.2, -0.15) is 13.2 Å². The number of carboxylic acid groups (broad SMARTS) is 1. The van der Waals surface area contributed by atoms with Crippen molar-refractivity contribution in [3.05, 3.63) is 53.6 Å². The highest BCUT2D eigenvalue weighted by molar-refractivity contribution is 7.99. The summed E-state index contributed by atoms with van der Waals surface area (Å²) in [4.78, 5) is 11.7. The van der Waals surface area contributed by atoms with Gasteiger partial charge in [0.25, 0.3) is 0 Å². The van der Waals surface area contributed by atoms with E-state index in [1.54, 1.807) is 24.3 Å². The van der Waals surface area contributed by atoms with E-state index >= 15 is 0 Å². The van der Waals surface area contributed by atoms with Crippen LogP contribution in [-0.2, 0) is 17.4 Å². The van der Waals surface area contributed by atoms with Gasteiger partial charge >= 0.3 is 12.1 Å². The van der Waals surface area contributed by atoms with Gasteiger partial charge in [0.2, 0.25) is 0 Å². The Kier molecular flexibility index (Phi) is 4.65. The molecule has 3 nitrogen and oxygen atoms in total. The average Bonchev–Trinajstić information content (AvgIpc) is 2.41. The fourth-order valence-electron chi connectivity index (χ4n) is 1.83. The van der Waals surface area contributed by atoms with Crippen LogP contribution in [0.5, 0.6) is 0 Å². The number of nitrogen functional groups attached to an aromatic ring is 1. The van der Waals surface area contributed by atoms with Gasteiger partial charge in [-0.1, -0.05) is 23.9 Å². The molecule has 0 heterocycles. The maximum Gasteiger partial charge on any atom is 0.418 e. The molecule has 7 heteroatoms. The first kappa shape index (κ1) is 16.2. The fraction of sp³-hybridized carbons (Fsp3) is 0.133. The number of halogens is 3. The summed E-state index contributed by atoms with van der Waals surface area (Å²) in [6.07, 6.45) is -4.59. The summed E-state index contributed by atoms with van der Waals surface area (Å²) in [5.41, 5.74) is 4.81. The molecule has 0 spiro atoms. The Morgan fingerprint density at radius 1 is 1.09 bits per heavy atom. The van der Waals surface area contributed by atoms with Crippen molar-refractivity contribution in [2.45, 2.75) is 22.4 Å². The number of hydrogen-bond donors (Lipinski definition) is 2. The van der Waals surface area contributed by atoms with Crippen molar-refractivity contribution in [2.24, 2.45) is 0 Å². The zero-order valence-corrected chi connectivity index (χ0v) is 12.0. The highest BCUT2D eigenvalue weighted by atomic mass is 32.2. The molecule has 22 heavy (non-hydrogen) atoms. The average molecular weight is 327 g/mol. The molecule has 2 rings (SSSR count). The molecule has 116 valence electrons. The molecule has 0 aliphatic rings. The van der Waals surface area contributed by atoms with Crippen molar-refractivity contribution in [1.29, 1.82) is 0 Å². The molecule has 0 atom stereocenters. The monoisotopic (exact) mass is 327 g/mol. The Bertz CT molecular complexity index is 684. The van der Waals surface area contributed by atoms with E-state index in [9.17, 15) is 18.0 Å². The van der Waals surface area contributed by atoms with Crippen LogP contribution in [0.3, 0.4) is 0 Å². The van der Waals surface area contributed by atoms with Gasteiger partial charge in [-0.05, 0) is 35.9 Å². The van der Waals surface area contributed by atoms with Crippen LogP contribution >= 0.6 is 11.8 Å². The van der Waals surface area contributed by atoms with Crippen LogP contribution in [0.1, 0.15) is 11.1 Å². The first-order valence-corrected chi connectivity index (χ1v) is 7.02. The van der Waals surface area contributed by atoms with Crippen molar-refractivity contribution >= 4 is 23.4 Å². The number of carboxylic acids is 1. The highest BCUT2D eigenvalue weighted by Crippen LogP contribution is 2.37. The minimum atomic E-state index is -4.49. The second-order valence-corrected chi connectivity index (χ2v) is 5.71. The Hall–Kier alpha value is -2.15. The van der Waals surface area contributed by atoms with Gasteiger partial charge < -0.3 is 10.8 Å². The van der Waals surface area contributed by atoms with E-state index < -0.39 is 17.7 Å². The topological polar surface area (TPSA) is 63.3 Å². The number of rotatable bonds is 4. The Balaban J connectivity index is 2.19. The molecule has 0 aliphatic carbocycles. The SMILES string of the molecule is Nc1ccc(Sc2ccc(CC(=O)O)cc2)cc1C(F)(F)F. The fourth-order valence-corrected chi connectivity index (χ4v) is 2.69. The van der Waals surface area contributed by atoms with Crippen molar-refractivity contribution in [3.63, 3.8) is 0 Å². The Morgan fingerprint density at radius 3 is 2.23 bits per heavy atom. The van der Waals surface area contributed by atoms with Crippen LogP contribution in [-0.4, -0.2) is 11.1 Å². The molecule has 2 aromatic rings. The normalized spacial score (nSPS) is 11.4. The minimum Gasteiger partial charge on any atom is -0.481 e. The van der Waals surface area contributed by atoms with E-state index in [0.717, 1.165) is 17.8 Å². The van der Waals surface area contributed by atoms with Gasteiger partial charge in [-0.3, -0.25) is 4.79 Å². The highest BCUT2D eigenvalue weighted by Gasteiger charge is 2.33. The molecule has 0 bridgehead atoms. The van der Waals surface area contributed by atoms with E-state index in [1.165, 1.54) is 12.1 Å². The van der Waals surface area contributed by atoms with Crippen LogP contribution < -0.4 is 5.73 Å². The third-order valence-corrected chi connectivity index (χ3v) is 3.84. The molecule has 0 fully saturated rings. The van der Waals surface area contributed by atoms with Gasteiger partial charge in [0.1, 0.15) is 0 Å². The van der Waals surface area contributed by atoms with Crippen molar-refractivity contribution in [1.82, 2.24) is 0 Å². The number of aliphatic carboxylic acids is 1. The zero-order chi connectivity index (χ0) is 16.3. The lowest BCUT2D eigenvalue weighted by atomic mass is 10.2. The largest absolute Gasteiger partial charge is 0.481 e. The van der Waals surface area contributed by atoms with E-state index in [2.05, 4.69) is 0 Å². The molecule has 0 saturated carbocycles. The first-order valence-electron chi connectivity index (χ1n) is 6.21. The Morgan fingerprint density at radius 2 is 1.68 bits per heavy atom. The van der Waals surface area contributed by atoms with Gasteiger partial charge in [-0.15, -0.1) is 0 Å². The van der Waals surface area contributed by atoms with Crippen molar-refractivity contribution in [2.75, 3.05) is 5.73 Å². The van der Waals surface area contributed by atoms with Crippen molar-refractivity contribution < 1.29 is 23.1 Å². The summed E-state index contributed by atoms with van der Waals surface area (Å²) >= 11 is 1.15. The maximum atomic E-state index is 12.8. The smallest absolute Gasteiger partial charge is 0.418 e. The van der Waals surface area contributed by atoms with Crippen LogP contribution in [0.15, 0.2) is 52.3 Å². The number of nitrogens with two attached hydrogens (primary N) is 1. The van der Waals surface area contributed by atoms with Gasteiger partial charge in [0, 0.05) is 15.5 Å². The third kappa shape index (κ3) is 4.17. The molecule has 0 aromatic heterocycles. The summed E-state index contributed by atoms with van der Waals surface area (Å²) in [7, 11) is 0. The van der Waals surface area contributed by atoms with Gasteiger partial charge in [0.05, 0.1) is 12.0 Å². The molecule has 0 unspecified atom stereocenters. The lowest BCUT2D eigenvalue weighted by Crippen LogP contribution is -2.08. The second-order valence-electron chi connectivity index (χ2n) is 4.56. The Labute approximate surface area is 128 Å². The van der Waals surface area contributed by atoms with E-state index in [-0.39, 0.29) is 12.1 Å². The summed E-state index contributed by atoms with van der Waals surface area (Å²) in [5.74, 6) is -0.936. The molecule has 0 amide bonds. The molecule has 2 aromatic carbocycles. The van der Waals surface area contributed by atoms with Crippen LogP contribution in [0.25, 0.3) is 0 Å². The predicted molar refractivity (Wildman–Crippen MR) is 77.8 cm³/mol. The van der Waals surface area contributed by atoms with Crippen LogP contribution in [0, 0.1) is 0 Å². The van der Waals surface area contributed by atoms with E-state index in [0.29, 0.717) is 15.4 Å². The number of carbonyl (C=O) groups is 1. The number of benzene rings is 2. The molecular formula is C15H12F3NO2S. The quantitative estimate of drug-likeness (QED) is 0.831. The lowest BCUT2D eigenvalue weighted by Gasteiger charge is -2.11. The lowest BCUT2D eigenvalue weighted by molar-refractivity contribution is -0.137. The molecule has 0 saturated heterocycles. The first-order chi connectivity index (χ1) is 10.3. The van der Waals surface area contributed by atoms with Crippen LogP contribution in [0.2, 0.25) is 0 Å². The number of anilines is 1. The summed E-state index contributed by atoms with van der Waals surface area (Å²) in [6.45, 7) is 0. The van der Waals surface area contributed by atoms with Crippen LogP contribution in [0.4, 0.5) is 18.9 Å². The predicted octanol–water partition coefficient (Wildman–Crippen LogP) is 4.07. The van der Waals surface area contributed by atoms with E-state index in [1.807, 2.05) is 0 Å². The third-order valence-electron chi connectivity index (χ3n) is 2.84. The van der Waals surface area contributed by atoms with Crippen molar-refractivity contribution in [3.8, 4) is 0 Å². The standard InChI is InChI=1S/C15H12F3NO2S/c16-15(17,18)12-8-11(5-6-13(12)19)22-10-3-1-9(2-4-10)7-14(20)21/h1-6,8H,7,19H2,(H,20,21). The number of hydrogen-bond acceptors (Lipinski definition) is 3. The second kappa shape index (κ2) is 6.31. The summed E-state index contributed by atoms with van der Waals surface area (Å²) in [5, 5.41) is 8.68. The molecule has 0 radical (unpaired) electrons. The molecular weight excluding hydrogens is 315 g/mol. The van der Waals surface area contributed by atoms with E-state index in [4.69, 9.17) is 10.8 Å². The zero-order valence-electron chi connectivity index (χ0n) is 11.2. The minimum absolute atomic E-state index is 0.0922. The van der Waals surface area contributed by atoms with Gasteiger partial charge in [0.15, 0.2) is 0 Å². The van der Waals surface area contributed by atoms with Gasteiger partial charge in [-0.25, -0.2) is 0 Å². The summed E-state index contributed by atoms with van der Waals surface area (Å²) < 4.78 is 38.4. The maximum absolute atomic E-state index is 12.8. The number of alkyl halides is 3. The summed E-state index contributed by atoms with van der Waals surface area (Å²) in [6, 6.07) is 10.4.